The molecule has 0 unspecified atom stereocenters. The number of alkyl halides is 3. The van der Waals surface area contributed by atoms with E-state index in [1.807, 2.05) is 0 Å². The van der Waals surface area contributed by atoms with Gasteiger partial charge >= 0.3 is 18.2 Å². The fraction of sp³-hybridized carbons (Fsp3) is 0.556. The average Bonchev–Trinajstić information content (AvgIpc) is 2.92. The molecule has 1 aromatic rings. The number of aliphatic hydroxyl groups is 1. The topological polar surface area (TPSA) is 70.1 Å². The molecule has 2 rings (SSSR count). The molecule has 1 aromatic carbocycles. The van der Waals surface area contributed by atoms with Gasteiger partial charge in [0, 0.05) is 13.1 Å². The Bertz CT molecular complexity index is 673. The van der Waals surface area contributed by atoms with E-state index < -0.39 is 35.9 Å². The summed E-state index contributed by atoms with van der Waals surface area (Å²) in [5.41, 5.74) is -0.302. The van der Waals surface area contributed by atoms with E-state index in [-0.39, 0.29) is 19.6 Å². The lowest BCUT2D eigenvalue weighted by Crippen LogP contribution is -2.51. The molecule has 150 valence electrons. The number of nitrogens with zero attached hydrogens (tertiary/aromatic N) is 2. The summed E-state index contributed by atoms with van der Waals surface area (Å²) in [7, 11) is 0. The molecule has 2 amide bonds. The van der Waals surface area contributed by atoms with Crippen LogP contribution in [0.15, 0.2) is 30.3 Å². The van der Waals surface area contributed by atoms with Gasteiger partial charge in [-0.3, -0.25) is 4.79 Å². The maximum absolute atomic E-state index is 13.1. The lowest BCUT2D eigenvalue weighted by atomic mass is 10.1. The van der Waals surface area contributed by atoms with Crippen LogP contribution in [0.5, 0.6) is 0 Å². The fourth-order valence-electron chi connectivity index (χ4n) is 2.83. The third kappa shape index (κ3) is 5.59. The summed E-state index contributed by atoms with van der Waals surface area (Å²) in [6, 6.07) is 6.97. The van der Waals surface area contributed by atoms with Crippen molar-refractivity contribution in [2.45, 2.75) is 51.2 Å². The Hall–Kier alpha value is -2.29. The summed E-state index contributed by atoms with van der Waals surface area (Å²) in [5.74, 6) is -2.05. The third-order valence-corrected chi connectivity index (χ3v) is 4.01. The number of benzene rings is 1. The zero-order chi connectivity index (χ0) is 20.4. The normalized spacial score (nSPS) is 20.5. The van der Waals surface area contributed by atoms with Crippen LogP contribution >= 0.6 is 0 Å². The van der Waals surface area contributed by atoms with Crippen LogP contribution in [0.4, 0.5) is 18.0 Å². The van der Waals surface area contributed by atoms with Gasteiger partial charge in [-0.25, -0.2) is 4.79 Å². The van der Waals surface area contributed by atoms with Crippen LogP contribution in [-0.4, -0.2) is 63.9 Å². The number of halogens is 3. The van der Waals surface area contributed by atoms with Gasteiger partial charge in [-0.15, -0.1) is 0 Å². The van der Waals surface area contributed by atoms with E-state index in [1.165, 1.54) is 0 Å². The zero-order valence-corrected chi connectivity index (χ0v) is 15.4. The number of amides is 2. The minimum atomic E-state index is -5.09. The average molecular weight is 388 g/mol. The second-order valence-electron chi connectivity index (χ2n) is 7.44. The molecule has 1 heterocycles. The highest BCUT2D eigenvalue weighted by atomic mass is 19.4. The standard InChI is InChI=1S/C18H23F3N2O4/c1-17(2,3)27-16(26)22-10-13(14(24)11-22)23(15(25)18(19,20)21)9-12-7-5-4-6-8-12/h4-8,13-14,24H,9-11H2,1-3H3/t13-,14-/m1/s1. The molecule has 1 aliphatic heterocycles. The number of carbonyl (C=O) groups is 2. The predicted molar refractivity (Wildman–Crippen MR) is 90.6 cm³/mol. The summed E-state index contributed by atoms with van der Waals surface area (Å²) in [4.78, 5) is 25.8. The van der Waals surface area contributed by atoms with Crippen LogP contribution in [0.1, 0.15) is 26.3 Å². The monoisotopic (exact) mass is 388 g/mol. The van der Waals surface area contributed by atoms with Crippen molar-refractivity contribution in [3.8, 4) is 0 Å². The van der Waals surface area contributed by atoms with Gasteiger partial charge in [0.2, 0.25) is 0 Å². The molecule has 0 bridgehead atoms. The quantitative estimate of drug-likeness (QED) is 0.864. The molecule has 0 aliphatic carbocycles. The second-order valence-corrected chi connectivity index (χ2v) is 7.44. The summed E-state index contributed by atoms with van der Waals surface area (Å²) < 4.78 is 44.4. The highest BCUT2D eigenvalue weighted by Gasteiger charge is 2.49. The first-order valence-corrected chi connectivity index (χ1v) is 8.46. The minimum Gasteiger partial charge on any atom is -0.444 e. The Morgan fingerprint density at radius 1 is 1.19 bits per heavy atom. The maximum atomic E-state index is 13.1. The molecule has 1 saturated heterocycles. The summed E-state index contributed by atoms with van der Waals surface area (Å²) >= 11 is 0. The van der Waals surface area contributed by atoms with Crippen LogP contribution in [0.2, 0.25) is 0 Å². The van der Waals surface area contributed by atoms with Crippen molar-refractivity contribution in [3.63, 3.8) is 0 Å². The van der Waals surface area contributed by atoms with E-state index in [4.69, 9.17) is 4.74 Å². The van der Waals surface area contributed by atoms with Gasteiger partial charge in [0.25, 0.3) is 0 Å². The van der Waals surface area contributed by atoms with Gasteiger partial charge in [-0.05, 0) is 26.3 Å². The first kappa shape index (κ1) is 21.0. The fourth-order valence-corrected chi connectivity index (χ4v) is 2.83. The molecular formula is C18H23F3N2O4. The first-order chi connectivity index (χ1) is 12.4. The summed E-state index contributed by atoms with van der Waals surface area (Å²) in [5, 5.41) is 10.3. The van der Waals surface area contributed by atoms with Crippen molar-refractivity contribution >= 4 is 12.0 Å². The Morgan fingerprint density at radius 2 is 1.78 bits per heavy atom. The largest absolute Gasteiger partial charge is 0.471 e. The number of likely N-dealkylation sites (tertiary alicyclic amines) is 1. The third-order valence-electron chi connectivity index (χ3n) is 4.01. The number of hydrogen-bond acceptors (Lipinski definition) is 4. The number of rotatable bonds is 3. The van der Waals surface area contributed by atoms with E-state index in [2.05, 4.69) is 0 Å². The van der Waals surface area contributed by atoms with E-state index in [1.54, 1.807) is 51.1 Å². The minimum absolute atomic E-state index is 0.212. The van der Waals surface area contributed by atoms with E-state index in [0.717, 1.165) is 4.90 Å². The van der Waals surface area contributed by atoms with Crippen LogP contribution in [0.25, 0.3) is 0 Å². The van der Waals surface area contributed by atoms with Crippen LogP contribution in [0.3, 0.4) is 0 Å². The lowest BCUT2D eigenvalue weighted by molar-refractivity contribution is -0.189. The Labute approximate surface area is 155 Å². The second kappa shape index (κ2) is 7.75. The molecular weight excluding hydrogens is 365 g/mol. The van der Waals surface area contributed by atoms with E-state index in [9.17, 15) is 27.9 Å². The van der Waals surface area contributed by atoms with Gasteiger partial charge in [-0.1, -0.05) is 30.3 Å². The van der Waals surface area contributed by atoms with Gasteiger partial charge in [0.05, 0.1) is 18.7 Å². The summed E-state index contributed by atoms with van der Waals surface area (Å²) in [6.45, 7) is 4.18. The number of aliphatic hydroxyl groups excluding tert-OH is 1. The van der Waals surface area contributed by atoms with Gasteiger partial charge < -0.3 is 19.6 Å². The molecule has 1 N–H and O–H groups in total. The van der Waals surface area contributed by atoms with Crippen molar-refractivity contribution in [2.24, 2.45) is 0 Å². The van der Waals surface area contributed by atoms with Crippen LogP contribution < -0.4 is 0 Å². The van der Waals surface area contributed by atoms with Crippen molar-refractivity contribution in [1.29, 1.82) is 0 Å². The molecule has 2 atom stereocenters. The molecule has 27 heavy (non-hydrogen) atoms. The van der Waals surface area contributed by atoms with Crippen molar-refractivity contribution in [3.05, 3.63) is 35.9 Å². The number of β-amino-alcohol motifs (C(OH)–C–C–N with tert-alkyl or cyclic N) is 1. The highest BCUT2D eigenvalue weighted by molar-refractivity contribution is 5.82. The Kier molecular flexibility index (Phi) is 6.04. The molecule has 6 nitrogen and oxygen atoms in total. The van der Waals surface area contributed by atoms with Gasteiger partial charge in [0.1, 0.15) is 5.60 Å². The molecule has 9 heteroatoms. The maximum Gasteiger partial charge on any atom is 0.471 e. The Balaban J connectivity index is 2.22. The highest BCUT2D eigenvalue weighted by Crippen LogP contribution is 2.27. The molecule has 0 radical (unpaired) electrons. The van der Waals surface area contributed by atoms with Gasteiger partial charge in [-0.2, -0.15) is 13.2 Å². The SMILES string of the molecule is CC(C)(C)OC(=O)N1C[C@@H](O)[C@H](N(Cc2ccccc2)C(=O)C(F)(F)F)C1. The molecule has 1 aliphatic rings. The van der Waals surface area contributed by atoms with Gasteiger partial charge in [0.15, 0.2) is 0 Å². The molecule has 0 aromatic heterocycles. The molecule has 0 saturated carbocycles. The molecule has 0 spiro atoms. The van der Waals surface area contributed by atoms with E-state index in [0.29, 0.717) is 10.5 Å². The van der Waals surface area contributed by atoms with Crippen LogP contribution in [-0.2, 0) is 16.1 Å². The summed E-state index contributed by atoms with van der Waals surface area (Å²) in [6.07, 6.45) is -7.15. The predicted octanol–water partition coefficient (Wildman–Crippen LogP) is 2.56. The Morgan fingerprint density at radius 3 is 2.30 bits per heavy atom. The lowest BCUT2D eigenvalue weighted by Gasteiger charge is -2.31. The van der Waals surface area contributed by atoms with Crippen molar-refractivity contribution < 1.29 is 32.6 Å². The number of hydrogen-bond donors (Lipinski definition) is 1. The first-order valence-electron chi connectivity index (χ1n) is 8.46. The zero-order valence-electron chi connectivity index (χ0n) is 15.4. The van der Waals surface area contributed by atoms with Crippen molar-refractivity contribution in [2.75, 3.05) is 13.1 Å². The molecule has 1 fully saturated rings. The van der Waals surface area contributed by atoms with E-state index >= 15 is 0 Å². The number of carbonyl (C=O) groups excluding carboxylic acids is 2. The smallest absolute Gasteiger partial charge is 0.444 e. The van der Waals surface area contributed by atoms with Crippen LogP contribution in [0, 0.1) is 0 Å². The number of ether oxygens (including phenoxy) is 1. The van der Waals surface area contributed by atoms with Crippen molar-refractivity contribution in [1.82, 2.24) is 9.80 Å².